The van der Waals surface area contributed by atoms with Gasteiger partial charge < -0.3 is 9.64 Å². The molecule has 0 aromatic heterocycles. The van der Waals surface area contributed by atoms with E-state index in [1.807, 2.05) is 18.0 Å². The Morgan fingerprint density at radius 1 is 1.22 bits per heavy atom. The molecule has 0 atom stereocenters. The molecule has 1 aliphatic heterocycles. The summed E-state index contributed by atoms with van der Waals surface area (Å²) in [7, 11) is 1.99. The van der Waals surface area contributed by atoms with Crippen molar-refractivity contribution in [1.29, 1.82) is 0 Å². The third-order valence-corrected chi connectivity index (χ3v) is 5.71. The van der Waals surface area contributed by atoms with Crippen molar-refractivity contribution in [1.82, 2.24) is 4.90 Å². The summed E-state index contributed by atoms with van der Waals surface area (Å²) in [6.45, 7) is 2.67. The Labute approximate surface area is 140 Å². The van der Waals surface area contributed by atoms with Gasteiger partial charge in [0.2, 0.25) is 5.91 Å². The normalized spacial score (nSPS) is 20.7. The average molecular weight is 315 g/mol. The number of hydrogen-bond acceptors (Lipinski definition) is 2. The molecule has 0 radical (unpaired) electrons. The predicted octanol–water partition coefficient (Wildman–Crippen LogP) is 3.67. The summed E-state index contributed by atoms with van der Waals surface area (Å²) in [6.07, 6.45) is 7.59. The Balaban J connectivity index is 1.56. The zero-order valence-corrected chi connectivity index (χ0v) is 14.3. The highest BCUT2D eigenvalue weighted by Crippen LogP contribution is 2.45. The van der Waals surface area contributed by atoms with Gasteiger partial charge in [-0.05, 0) is 50.0 Å². The van der Waals surface area contributed by atoms with Crippen LogP contribution in [-0.4, -0.2) is 37.6 Å². The van der Waals surface area contributed by atoms with Gasteiger partial charge in [0.1, 0.15) is 0 Å². The number of ether oxygens (including phenoxy) is 1. The minimum atomic E-state index is -0.133. The van der Waals surface area contributed by atoms with E-state index in [-0.39, 0.29) is 5.41 Å². The number of benzene rings is 1. The lowest BCUT2D eigenvalue weighted by atomic mass is 9.64. The van der Waals surface area contributed by atoms with E-state index in [4.69, 9.17) is 4.74 Å². The van der Waals surface area contributed by atoms with Crippen LogP contribution in [0.5, 0.6) is 0 Å². The molecule has 3 nitrogen and oxygen atoms in total. The molecule has 3 rings (SSSR count). The van der Waals surface area contributed by atoms with Gasteiger partial charge in [-0.25, -0.2) is 0 Å². The maximum atomic E-state index is 13.0. The van der Waals surface area contributed by atoms with Crippen LogP contribution in [0.25, 0.3) is 0 Å². The lowest BCUT2D eigenvalue weighted by Gasteiger charge is -2.43. The summed E-state index contributed by atoms with van der Waals surface area (Å²) < 4.78 is 5.42. The fourth-order valence-corrected chi connectivity index (χ4v) is 3.97. The standard InChI is InChI=1S/C20H29NO2/c1-21(13-8-17-9-14-23-15-10-17)19(22)20(11-5-12-20)16-18-6-3-2-4-7-18/h2-4,6-7,17H,5,8-16H2,1H3. The summed E-state index contributed by atoms with van der Waals surface area (Å²) >= 11 is 0. The number of carbonyl (C=O) groups is 1. The fourth-order valence-electron chi connectivity index (χ4n) is 3.97. The second-order valence-electron chi connectivity index (χ2n) is 7.37. The van der Waals surface area contributed by atoms with Crippen LogP contribution in [0, 0.1) is 11.3 Å². The summed E-state index contributed by atoms with van der Waals surface area (Å²) in [5.41, 5.74) is 1.16. The minimum absolute atomic E-state index is 0.133. The molecule has 1 aromatic rings. The second kappa shape index (κ2) is 7.48. The van der Waals surface area contributed by atoms with Crippen molar-refractivity contribution in [3.8, 4) is 0 Å². The molecular formula is C20H29NO2. The highest BCUT2D eigenvalue weighted by molar-refractivity contribution is 5.83. The first kappa shape index (κ1) is 16.5. The van der Waals surface area contributed by atoms with Crippen LogP contribution in [0.1, 0.15) is 44.1 Å². The van der Waals surface area contributed by atoms with Crippen LogP contribution in [0.2, 0.25) is 0 Å². The zero-order chi connectivity index (χ0) is 16.1. The van der Waals surface area contributed by atoms with Gasteiger partial charge in [-0.2, -0.15) is 0 Å². The van der Waals surface area contributed by atoms with Gasteiger partial charge in [0.05, 0.1) is 5.41 Å². The number of amides is 1. The molecule has 0 spiro atoms. The second-order valence-corrected chi connectivity index (χ2v) is 7.37. The first-order valence-corrected chi connectivity index (χ1v) is 9.07. The van der Waals surface area contributed by atoms with Crippen molar-refractivity contribution in [2.24, 2.45) is 11.3 Å². The monoisotopic (exact) mass is 315 g/mol. The maximum absolute atomic E-state index is 13.0. The van der Waals surface area contributed by atoms with Crippen LogP contribution < -0.4 is 0 Å². The van der Waals surface area contributed by atoms with Gasteiger partial charge in [0.25, 0.3) is 0 Å². The summed E-state index contributed by atoms with van der Waals surface area (Å²) in [5, 5.41) is 0. The fraction of sp³-hybridized carbons (Fsp3) is 0.650. The highest BCUT2D eigenvalue weighted by Gasteiger charge is 2.45. The van der Waals surface area contributed by atoms with Crippen molar-refractivity contribution in [2.45, 2.75) is 44.9 Å². The number of hydrogen-bond donors (Lipinski definition) is 0. The Bertz CT molecular complexity index is 504. The number of carbonyl (C=O) groups excluding carboxylic acids is 1. The van der Waals surface area contributed by atoms with Gasteiger partial charge in [0, 0.05) is 26.8 Å². The SMILES string of the molecule is CN(CCC1CCOCC1)C(=O)C1(Cc2ccccc2)CCC1. The van der Waals surface area contributed by atoms with E-state index in [0.717, 1.165) is 64.2 Å². The maximum Gasteiger partial charge on any atom is 0.228 e. The van der Waals surface area contributed by atoms with Crippen LogP contribution in [0.4, 0.5) is 0 Å². The third kappa shape index (κ3) is 3.95. The molecule has 0 bridgehead atoms. The van der Waals surface area contributed by atoms with E-state index >= 15 is 0 Å². The smallest absolute Gasteiger partial charge is 0.228 e. The van der Waals surface area contributed by atoms with Gasteiger partial charge in [0.15, 0.2) is 0 Å². The van der Waals surface area contributed by atoms with Crippen molar-refractivity contribution >= 4 is 5.91 Å². The van der Waals surface area contributed by atoms with Crippen LogP contribution in [-0.2, 0) is 16.0 Å². The Hall–Kier alpha value is -1.35. The molecule has 2 aliphatic rings. The zero-order valence-electron chi connectivity index (χ0n) is 14.3. The average Bonchev–Trinajstić information content (AvgIpc) is 2.57. The molecule has 2 fully saturated rings. The van der Waals surface area contributed by atoms with Crippen LogP contribution in [0.3, 0.4) is 0 Å². The van der Waals surface area contributed by atoms with Crippen molar-refractivity contribution in [3.05, 3.63) is 35.9 Å². The number of rotatable bonds is 6. The third-order valence-electron chi connectivity index (χ3n) is 5.71. The molecular weight excluding hydrogens is 286 g/mol. The first-order valence-electron chi connectivity index (χ1n) is 9.07. The van der Waals surface area contributed by atoms with Crippen LogP contribution >= 0.6 is 0 Å². The molecule has 1 saturated heterocycles. The summed E-state index contributed by atoms with van der Waals surface area (Å²) in [5.74, 6) is 1.09. The molecule has 0 N–H and O–H groups in total. The Kier molecular flexibility index (Phi) is 5.37. The quantitative estimate of drug-likeness (QED) is 0.801. The highest BCUT2D eigenvalue weighted by atomic mass is 16.5. The van der Waals surface area contributed by atoms with E-state index in [2.05, 4.69) is 24.3 Å². The van der Waals surface area contributed by atoms with E-state index in [9.17, 15) is 4.79 Å². The van der Waals surface area contributed by atoms with Gasteiger partial charge in [-0.15, -0.1) is 0 Å². The lowest BCUT2D eigenvalue weighted by molar-refractivity contribution is -0.146. The van der Waals surface area contributed by atoms with Gasteiger partial charge in [-0.1, -0.05) is 36.8 Å². The molecule has 1 aromatic carbocycles. The Morgan fingerprint density at radius 3 is 2.52 bits per heavy atom. The predicted molar refractivity (Wildman–Crippen MR) is 92.2 cm³/mol. The molecule has 1 heterocycles. The summed E-state index contributed by atoms with van der Waals surface area (Å²) in [6, 6.07) is 10.5. The van der Waals surface area contributed by atoms with Crippen molar-refractivity contribution < 1.29 is 9.53 Å². The minimum Gasteiger partial charge on any atom is -0.381 e. The van der Waals surface area contributed by atoms with E-state index < -0.39 is 0 Å². The molecule has 1 amide bonds. The first-order chi connectivity index (χ1) is 11.2. The van der Waals surface area contributed by atoms with Gasteiger partial charge >= 0.3 is 0 Å². The van der Waals surface area contributed by atoms with Gasteiger partial charge in [-0.3, -0.25) is 4.79 Å². The number of nitrogens with zero attached hydrogens (tertiary/aromatic N) is 1. The van der Waals surface area contributed by atoms with E-state index in [1.165, 1.54) is 12.0 Å². The summed E-state index contributed by atoms with van der Waals surface area (Å²) in [4.78, 5) is 15.0. The van der Waals surface area contributed by atoms with Crippen LogP contribution in [0.15, 0.2) is 30.3 Å². The molecule has 1 saturated carbocycles. The largest absolute Gasteiger partial charge is 0.381 e. The van der Waals surface area contributed by atoms with E-state index in [0.29, 0.717) is 5.91 Å². The molecule has 23 heavy (non-hydrogen) atoms. The molecule has 1 aliphatic carbocycles. The lowest BCUT2D eigenvalue weighted by Crippen LogP contribution is -2.48. The topological polar surface area (TPSA) is 29.5 Å². The molecule has 126 valence electrons. The van der Waals surface area contributed by atoms with Crippen molar-refractivity contribution in [3.63, 3.8) is 0 Å². The molecule has 3 heteroatoms. The van der Waals surface area contributed by atoms with E-state index in [1.54, 1.807) is 0 Å². The Morgan fingerprint density at radius 2 is 1.91 bits per heavy atom. The van der Waals surface area contributed by atoms with Crippen molar-refractivity contribution in [2.75, 3.05) is 26.8 Å². The molecule has 0 unspecified atom stereocenters.